The van der Waals surface area contributed by atoms with E-state index in [4.69, 9.17) is 5.73 Å². The standard InChI is InChI=1S/C10H14N2O2S/c1-7(15(2)14)10(13)12-9-5-3-4-8(11)6-9/h3-7H,11H2,1-2H3,(H,12,13). The summed E-state index contributed by atoms with van der Waals surface area (Å²) in [4.78, 5) is 11.5. The van der Waals surface area contributed by atoms with Gasteiger partial charge in [-0.3, -0.25) is 9.00 Å². The molecule has 2 atom stereocenters. The monoisotopic (exact) mass is 226 g/mol. The molecule has 1 aromatic carbocycles. The smallest absolute Gasteiger partial charge is 0.239 e. The van der Waals surface area contributed by atoms with Gasteiger partial charge < -0.3 is 11.1 Å². The molecule has 1 rings (SSSR count). The summed E-state index contributed by atoms with van der Waals surface area (Å²) in [7, 11) is -1.16. The van der Waals surface area contributed by atoms with Crippen LogP contribution in [0.5, 0.6) is 0 Å². The van der Waals surface area contributed by atoms with Crippen LogP contribution in [0.15, 0.2) is 24.3 Å². The summed E-state index contributed by atoms with van der Waals surface area (Å²) >= 11 is 0. The van der Waals surface area contributed by atoms with Gasteiger partial charge in [0.25, 0.3) is 0 Å². The van der Waals surface area contributed by atoms with Crippen molar-refractivity contribution in [2.24, 2.45) is 0 Å². The molecule has 2 unspecified atom stereocenters. The van der Waals surface area contributed by atoms with Gasteiger partial charge in [0, 0.05) is 28.4 Å². The molecule has 0 aromatic heterocycles. The molecule has 0 aliphatic rings. The number of anilines is 2. The normalized spacial score (nSPS) is 14.3. The summed E-state index contributed by atoms with van der Waals surface area (Å²) in [6.07, 6.45) is 1.50. The van der Waals surface area contributed by atoms with Crippen LogP contribution in [0.4, 0.5) is 11.4 Å². The third-order valence-electron chi connectivity index (χ3n) is 2.02. The van der Waals surface area contributed by atoms with E-state index in [1.165, 1.54) is 6.26 Å². The van der Waals surface area contributed by atoms with Crippen molar-refractivity contribution < 1.29 is 9.00 Å². The van der Waals surface area contributed by atoms with Crippen molar-refractivity contribution in [1.29, 1.82) is 0 Å². The minimum Gasteiger partial charge on any atom is -0.399 e. The zero-order chi connectivity index (χ0) is 11.4. The number of amides is 1. The van der Waals surface area contributed by atoms with Crippen LogP contribution in [0.25, 0.3) is 0 Å². The van der Waals surface area contributed by atoms with Crippen LogP contribution in [0.1, 0.15) is 6.92 Å². The van der Waals surface area contributed by atoms with E-state index < -0.39 is 16.0 Å². The van der Waals surface area contributed by atoms with Gasteiger partial charge in [0.15, 0.2) is 0 Å². The number of nitrogen functional groups attached to an aromatic ring is 1. The van der Waals surface area contributed by atoms with Gasteiger partial charge >= 0.3 is 0 Å². The first-order valence-electron chi connectivity index (χ1n) is 4.49. The maximum absolute atomic E-state index is 11.5. The molecular formula is C10H14N2O2S. The molecule has 82 valence electrons. The Balaban J connectivity index is 2.70. The number of carbonyl (C=O) groups is 1. The highest BCUT2D eigenvalue weighted by atomic mass is 32.2. The molecule has 4 nitrogen and oxygen atoms in total. The van der Waals surface area contributed by atoms with Crippen molar-refractivity contribution in [2.75, 3.05) is 17.3 Å². The second-order valence-electron chi connectivity index (χ2n) is 3.26. The fraction of sp³-hybridized carbons (Fsp3) is 0.300. The van der Waals surface area contributed by atoms with E-state index in [-0.39, 0.29) is 5.91 Å². The van der Waals surface area contributed by atoms with E-state index in [0.717, 1.165) is 0 Å². The molecule has 15 heavy (non-hydrogen) atoms. The summed E-state index contributed by atoms with van der Waals surface area (Å²) in [5, 5.41) is 2.13. The number of carbonyl (C=O) groups excluding carboxylic acids is 1. The van der Waals surface area contributed by atoms with Gasteiger partial charge in [-0.05, 0) is 25.1 Å². The van der Waals surface area contributed by atoms with Gasteiger partial charge in [0.2, 0.25) is 5.91 Å². The van der Waals surface area contributed by atoms with Crippen LogP contribution in [-0.2, 0) is 15.6 Å². The first-order valence-corrected chi connectivity index (χ1v) is 6.11. The second kappa shape index (κ2) is 4.93. The molecule has 0 saturated heterocycles. The number of nitrogens with two attached hydrogens (primary N) is 1. The Labute approximate surface area is 91.3 Å². The highest BCUT2D eigenvalue weighted by Gasteiger charge is 2.16. The van der Waals surface area contributed by atoms with E-state index in [9.17, 15) is 9.00 Å². The Kier molecular flexibility index (Phi) is 3.85. The van der Waals surface area contributed by atoms with Crippen LogP contribution in [-0.4, -0.2) is 21.6 Å². The quantitative estimate of drug-likeness (QED) is 0.754. The molecule has 0 aliphatic carbocycles. The fourth-order valence-corrected chi connectivity index (χ4v) is 1.37. The van der Waals surface area contributed by atoms with Crippen molar-refractivity contribution >= 4 is 28.1 Å². The van der Waals surface area contributed by atoms with Crippen LogP contribution in [0.3, 0.4) is 0 Å². The predicted molar refractivity (Wildman–Crippen MR) is 63.0 cm³/mol. The summed E-state index contributed by atoms with van der Waals surface area (Å²) < 4.78 is 11.1. The molecule has 1 aromatic rings. The second-order valence-corrected chi connectivity index (χ2v) is 4.96. The van der Waals surface area contributed by atoms with Gasteiger partial charge in [-0.25, -0.2) is 0 Å². The predicted octanol–water partition coefficient (Wildman–Crippen LogP) is 0.974. The van der Waals surface area contributed by atoms with E-state index in [1.807, 2.05) is 0 Å². The average molecular weight is 226 g/mol. The Morgan fingerprint density at radius 3 is 2.73 bits per heavy atom. The molecule has 0 spiro atoms. The summed E-state index contributed by atoms with van der Waals surface area (Å²) in [5.74, 6) is -0.263. The van der Waals surface area contributed by atoms with Gasteiger partial charge in [-0.2, -0.15) is 0 Å². The van der Waals surface area contributed by atoms with Gasteiger partial charge in [0.1, 0.15) is 5.25 Å². The van der Waals surface area contributed by atoms with Crippen molar-refractivity contribution in [3.05, 3.63) is 24.3 Å². The summed E-state index contributed by atoms with van der Waals surface area (Å²) in [6.45, 7) is 1.62. The topological polar surface area (TPSA) is 72.2 Å². The SMILES string of the molecule is CC(C(=O)Nc1cccc(N)c1)S(C)=O. The van der Waals surface area contributed by atoms with Gasteiger partial charge in [-0.1, -0.05) is 6.07 Å². The molecule has 0 radical (unpaired) electrons. The number of rotatable bonds is 3. The number of hydrogen-bond acceptors (Lipinski definition) is 3. The Hall–Kier alpha value is -1.36. The molecule has 0 bridgehead atoms. The lowest BCUT2D eigenvalue weighted by atomic mass is 10.3. The van der Waals surface area contributed by atoms with E-state index in [2.05, 4.69) is 5.32 Å². The largest absolute Gasteiger partial charge is 0.399 e. The van der Waals surface area contributed by atoms with E-state index in [0.29, 0.717) is 11.4 Å². The third-order valence-corrected chi connectivity index (χ3v) is 3.23. The minimum absolute atomic E-state index is 0.263. The third kappa shape index (κ3) is 3.36. The first-order chi connectivity index (χ1) is 7.00. The van der Waals surface area contributed by atoms with Crippen LogP contribution < -0.4 is 11.1 Å². The highest BCUT2D eigenvalue weighted by Crippen LogP contribution is 2.12. The molecule has 0 fully saturated rings. The van der Waals surface area contributed by atoms with Crippen molar-refractivity contribution in [1.82, 2.24) is 0 Å². The molecule has 5 heteroatoms. The molecule has 1 amide bonds. The molecule has 0 aliphatic heterocycles. The van der Waals surface area contributed by atoms with Crippen molar-refractivity contribution in [3.8, 4) is 0 Å². The lowest BCUT2D eigenvalue weighted by Crippen LogP contribution is -2.28. The average Bonchev–Trinajstić information content (AvgIpc) is 2.16. The van der Waals surface area contributed by atoms with E-state index in [1.54, 1.807) is 31.2 Å². The van der Waals surface area contributed by atoms with Gasteiger partial charge in [-0.15, -0.1) is 0 Å². The van der Waals surface area contributed by atoms with Crippen molar-refractivity contribution in [3.63, 3.8) is 0 Å². The first kappa shape index (κ1) is 11.7. The maximum atomic E-state index is 11.5. The summed E-state index contributed by atoms with van der Waals surface area (Å²) in [5.41, 5.74) is 6.76. The molecule has 3 N–H and O–H groups in total. The Morgan fingerprint density at radius 1 is 1.53 bits per heavy atom. The zero-order valence-electron chi connectivity index (χ0n) is 8.69. The molecule has 0 heterocycles. The lowest BCUT2D eigenvalue weighted by molar-refractivity contribution is -0.115. The lowest BCUT2D eigenvalue weighted by Gasteiger charge is -2.09. The number of hydrogen-bond donors (Lipinski definition) is 2. The summed E-state index contributed by atoms with van der Waals surface area (Å²) in [6, 6.07) is 6.87. The minimum atomic E-state index is -1.16. The highest BCUT2D eigenvalue weighted by molar-refractivity contribution is 7.85. The molecule has 0 saturated carbocycles. The zero-order valence-corrected chi connectivity index (χ0v) is 9.51. The molecular weight excluding hydrogens is 212 g/mol. The van der Waals surface area contributed by atoms with Crippen molar-refractivity contribution in [2.45, 2.75) is 12.2 Å². The Morgan fingerprint density at radius 2 is 2.20 bits per heavy atom. The Bertz CT molecular complexity index is 393. The van der Waals surface area contributed by atoms with Gasteiger partial charge in [0.05, 0.1) is 0 Å². The number of nitrogens with one attached hydrogen (secondary N) is 1. The maximum Gasteiger partial charge on any atom is 0.239 e. The van der Waals surface area contributed by atoms with E-state index >= 15 is 0 Å². The van der Waals surface area contributed by atoms with Crippen LogP contribution >= 0.6 is 0 Å². The van der Waals surface area contributed by atoms with Crippen LogP contribution in [0, 0.1) is 0 Å². The number of benzene rings is 1. The van der Waals surface area contributed by atoms with Crippen LogP contribution in [0.2, 0.25) is 0 Å². The fourth-order valence-electron chi connectivity index (χ4n) is 1.01.